The molecule has 1 aliphatic carbocycles. The third-order valence-corrected chi connectivity index (χ3v) is 9.41. The molecule has 1 aliphatic rings. The number of aromatic nitrogens is 2. The van der Waals surface area contributed by atoms with Gasteiger partial charge in [-0.3, -0.25) is 9.97 Å². The molecule has 0 fully saturated rings. The van der Waals surface area contributed by atoms with Gasteiger partial charge in [-0.1, -0.05) is 109 Å². The van der Waals surface area contributed by atoms with Crippen LogP contribution in [0.2, 0.25) is 0 Å². The van der Waals surface area contributed by atoms with Crippen LogP contribution in [0.3, 0.4) is 0 Å². The summed E-state index contributed by atoms with van der Waals surface area (Å²) in [7, 11) is 0. The molecule has 0 saturated carbocycles. The lowest BCUT2D eigenvalue weighted by Crippen LogP contribution is -2.54. The first-order valence-corrected chi connectivity index (χ1v) is 14.8. The molecular formula is C40H26N2O2. The zero-order valence-corrected chi connectivity index (χ0v) is 23.6. The van der Waals surface area contributed by atoms with Crippen LogP contribution in [0.1, 0.15) is 22.3 Å². The minimum atomic E-state index is -1.99. The molecule has 4 heteroatoms. The van der Waals surface area contributed by atoms with Gasteiger partial charge in [-0.25, -0.2) is 0 Å². The zero-order valence-electron chi connectivity index (χ0n) is 23.6. The zero-order chi connectivity index (χ0) is 29.5. The predicted molar refractivity (Wildman–Crippen MR) is 176 cm³/mol. The third-order valence-electron chi connectivity index (χ3n) is 9.41. The minimum Gasteiger partial charge on any atom is -0.376 e. The van der Waals surface area contributed by atoms with Crippen LogP contribution < -0.4 is 0 Å². The monoisotopic (exact) mass is 566 g/mol. The van der Waals surface area contributed by atoms with Gasteiger partial charge in [-0.2, -0.15) is 0 Å². The van der Waals surface area contributed by atoms with Crippen molar-refractivity contribution in [3.05, 3.63) is 168 Å². The normalized spacial score (nSPS) is 19.3. The largest absolute Gasteiger partial charge is 0.376 e. The lowest BCUT2D eigenvalue weighted by molar-refractivity contribution is -0.111. The smallest absolute Gasteiger partial charge is 0.155 e. The number of aliphatic hydroxyl groups is 2. The summed E-state index contributed by atoms with van der Waals surface area (Å²) >= 11 is 0. The van der Waals surface area contributed by atoms with Crippen LogP contribution in [-0.4, -0.2) is 20.2 Å². The first-order valence-electron chi connectivity index (χ1n) is 14.8. The fourth-order valence-electron chi connectivity index (χ4n) is 7.60. The highest BCUT2D eigenvalue weighted by Crippen LogP contribution is 2.60. The predicted octanol–water partition coefficient (Wildman–Crippen LogP) is 8.24. The van der Waals surface area contributed by atoms with Gasteiger partial charge in [0.2, 0.25) is 0 Å². The molecule has 2 atom stereocenters. The van der Waals surface area contributed by atoms with Crippen molar-refractivity contribution in [2.45, 2.75) is 11.2 Å². The van der Waals surface area contributed by atoms with Crippen molar-refractivity contribution < 1.29 is 10.2 Å². The van der Waals surface area contributed by atoms with Gasteiger partial charge in [0, 0.05) is 34.6 Å². The van der Waals surface area contributed by atoms with Gasteiger partial charge in [-0.05, 0) is 67.4 Å². The third kappa shape index (κ3) is 3.13. The number of nitrogens with zero attached hydrogens (tertiary/aromatic N) is 2. The molecule has 208 valence electrons. The standard InChI is InChI=1S/C40H26N2O2/c43-39(35-29-15-5-1-11-25(29)23-26-12-2-6-16-30(26)35)33-19-9-21-41-37(33)38-34(20-10-22-42-38)40(39,44)36-31-17-7-3-13-27(31)24-28-14-4-8-18-32(28)36/h1-24,43-44H/t39-,40-/m0/s1. The molecule has 2 N–H and O–H groups in total. The fourth-order valence-corrected chi connectivity index (χ4v) is 7.60. The van der Waals surface area contributed by atoms with E-state index in [9.17, 15) is 10.2 Å². The van der Waals surface area contributed by atoms with Crippen molar-refractivity contribution in [2.75, 3.05) is 0 Å². The van der Waals surface area contributed by atoms with E-state index in [0.717, 1.165) is 43.1 Å². The van der Waals surface area contributed by atoms with Crippen LogP contribution >= 0.6 is 0 Å². The Labute approximate surface area is 253 Å². The second kappa shape index (κ2) is 9.04. The number of hydrogen-bond acceptors (Lipinski definition) is 4. The highest BCUT2D eigenvalue weighted by Gasteiger charge is 2.61. The summed E-state index contributed by atoms with van der Waals surface area (Å²) in [6, 6.07) is 44.0. The summed E-state index contributed by atoms with van der Waals surface area (Å²) in [6.45, 7) is 0. The van der Waals surface area contributed by atoms with Crippen molar-refractivity contribution >= 4 is 43.1 Å². The Morgan fingerprint density at radius 3 is 1.05 bits per heavy atom. The van der Waals surface area contributed by atoms with E-state index in [4.69, 9.17) is 9.97 Å². The summed E-state index contributed by atoms with van der Waals surface area (Å²) < 4.78 is 0. The first-order chi connectivity index (χ1) is 21.6. The summed E-state index contributed by atoms with van der Waals surface area (Å²) in [6.07, 6.45) is 3.44. The van der Waals surface area contributed by atoms with Crippen molar-refractivity contribution in [2.24, 2.45) is 0 Å². The Morgan fingerprint density at radius 1 is 0.386 bits per heavy atom. The van der Waals surface area contributed by atoms with Crippen LogP contribution in [0.15, 0.2) is 146 Å². The number of hydrogen-bond donors (Lipinski definition) is 2. The summed E-state index contributed by atoms with van der Waals surface area (Å²) in [5.41, 5.74) is -0.586. The summed E-state index contributed by atoms with van der Waals surface area (Å²) in [4.78, 5) is 9.58. The van der Waals surface area contributed by atoms with E-state index >= 15 is 0 Å². The fraction of sp³-hybridized carbons (Fsp3) is 0.0500. The van der Waals surface area contributed by atoms with Crippen LogP contribution in [0.25, 0.3) is 54.5 Å². The maximum absolute atomic E-state index is 14.0. The number of benzene rings is 6. The number of pyridine rings is 2. The molecule has 0 saturated heterocycles. The molecule has 2 aromatic heterocycles. The highest BCUT2D eigenvalue weighted by molar-refractivity contribution is 6.07. The van der Waals surface area contributed by atoms with E-state index in [0.29, 0.717) is 33.6 Å². The van der Waals surface area contributed by atoms with Crippen molar-refractivity contribution in [1.29, 1.82) is 0 Å². The molecule has 0 spiro atoms. The summed E-state index contributed by atoms with van der Waals surface area (Å²) in [5.74, 6) is 0. The lowest BCUT2D eigenvalue weighted by Gasteiger charge is -2.50. The van der Waals surface area contributed by atoms with Crippen LogP contribution in [-0.2, 0) is 11.2 Å². The molecule has 0 bridgehead atoms. The van der Waals surface area contributed by atoms with Gasteiger partial charge in [0.25, 0.3) is 0 Å². The van der Waals surface area contributed by atoms with E-state index in [1.165, 1.54) is 0 Å². The van der Waals surface area contributed by atoms with E-state index in [1.807, 2.05) is 97.1 Å². The molecule has 2 heterocycles. The van der Waals surface area contributed by atoms with E-state index in [-0.39, 0.29) is 0 Å². The quantitative estimate of drug-likeness (QED) is 0.207. The Kier molecular flexibility index (Phi) is 5.16. The van der Waals surface area contributed by atoms with E-state index < -0.39 is 11.2 Å². The van der Waals surface area contributed by atoms with Gasteiger partial charge < -0.3 is 10.2 Å². The second-order valence-electron chi connectivity index (χ2n) is 11.6. The van der Waals surface area contributed by atoms with Gasteiger partial charge in [-0.15, -0.1) is 0 Å². The van der Waals surface area contributed by atoms with Gasteiger partial charge in [0.05, 0.1) is 11.4 Å². The second-order valence-corrected chi connectivity index (χ2v) is 11.6. The molecule has 0 aliphatic heterocycles. The van der Waals surface area contributed by atoms with Crippen molar-refractivity contribution in [3.63, 3.8) is 0 Å². The minimum absolute atomic E-state index is 0.507. The first kappa shape index (κ1) is 25.1. The van der Waals surface area contributed by atoms with Gasteiger partial charge >= 0.3 is 0 Å². The summed E-state index contributed by atoms with van der Waals surface area (Å²) in [5, 5.41) is 35.4. The molecule has 0 amide bonds. The van der Waals surface area contributed by atoms with Crippen molar-refractivity contribution in [1.82, 2.24) is 9.97 Å². The maximum atomic E-state index is 14.0. The van der Waals surface area contributed by atoms with Crippen LogP contribution in [0, 0.1) is 0 Å². The molecule has 44 heavy (non-hydrogen) atoms. The Morgan fingerprint density at radius 2 is 0.705 bits per heavy atom. The molecular weight excluding hydrogens is 540 g/mol. The van der Waals surface area contributed by atoms with E-state index in [1.54, 1.807) is 12.4 Å². The Bertz CT molecular complexity index is 2170. The number of rotatable bonds is 2. The maximum Gasteiger partial charge on any atom is 0.155 e. The Balaban J connectivity index is 1.58. The molecule has 8 aromatic rings. The molecule has 0 unspecified atom stereocenters. The lowest BCUT2D eigenvalue weighted by atomic mass is 9.59. The average Bonchev–Trinajstić information content (AvgIpc) is 3.08. The SMILES string of the molecule is O[C@]1(c2c3ccccc3cc3ccccc23)c2cccnc2-c2ncccc2[C@]1(O)c1c2ccccc2cc2ccccc12. The van der Waals surface area contributed by atoms with E-state index in [2.05, 4.69) is 36.4 Å². The van der Waals surface area contributed by atoms with Gasteiger partial charge in [0.15, 0.2) is 11.2 Å². The van der Waals surface area contributed by atoms with Crippen LogP contribution in [0.4, 0.5) is 0 Å². The topological polar surface area (TPSA) is 66.2 Å². The highest BCUT2D eigenvalue weighted by atomic mass is 16.4. The molecule has 9 rings (SSSR count). The molecule has 4 nitrogen and oxygen atoms in total. The number of fused-ring (bicyclic) bond motifs is 7. The van der Waals surface area contributed by atoms with Crippen molar-refractivity contribution in [3.8, 4) is 11.4 Å². The Hall–Kier alpha value is -5.42. The van der Waals surface area contributed by atoms with Gasteiger partial charge in [0.1, 0.15) is 0 Å². The molecule has 6 aromatic carbocycles. The average molecular weight is 567 g/mol. The van der Waals surface area contributed by atoms with Crippen LogP contribution in [0.5, 0.6) is 0 Å². The molecule has 0 radical (unpaired) electrons.